The van der Waals surface area contributed by atoms with Crippen molar-refractivity contribution in [1.82, 2.24) is 10.3 Å². The molecule has 32 heavy (non-hydrogen) atoms. The Morgan fingerprint density at radius 3 is 2.56 bits per heavy atom. The van der Waals surface area contributed by atoms with E-state index in [1.165, 1.54) is 12.3 Å². The van der Waals surface area contributed by atoms with Gasteiger partial charge in [0.25, 0.3) is 5.91 Å². The molecule has 1 aromatic carbocycles. The first-order valence-electron chi connectivity index (χ1n) is 8.92. The summed E-state index contributed by atoms with van der Waals surface area (Å²) in [7, 11) is 0. The van der Waals surface area contributed by atoms with Gasteiger partial charge in [0, 0.05) is 24.0 Å². The number of aromatic nitrogens is 1. The number of pyridine rings is 1. The summed E-state index contributed by atoms with van der Waals surface area (Å²) in [5.74, 6) is -2.54. The van der Waals surface area contributed by atoms with Crippen LogP contribution in [-0.2, 0) is 4.79 Å². The highest BCUT2D eigenvalue weighted by atomic mass is 35.5. The third kappa shape index (κ3) is 7.58. The summed E-state index contributed by atoms with van der Waals surface area (Å²) >= 11 is 5.98. The lowest BCUT2D eigenvalue weighted by Gasteiger charge is -2.09. The summed E-state index contributed by atoms with van der Waals surface area (Å²) in [5, 5.41) is 11.1. The van der Waals surface area contributed by atoms with Crippen LogP contribution in [0.5, 0.6) is 5.75 Å². The number of alkyl halides is 3. The highest BCUT2D eigenvalue weighted by Crippen LogP contribution is 2.26. The molecule has 0 radical (unpaired) electrons. The van der Waals surface area contributed by atoms with Crippen LogP contribution in [0.3, 0.4) is 0 Å². The quantitative estimate of drug-likeness (QED) is 0.415. The smallest absolute Gasteiger partial charge is 0.490 e. The second-order valence-corrected chi connectivity index (χ2v) is 6.51. The molecule has 0 fully saturated rings. The molecule has 0 aliphatic rings. The zero-order chi connectivity index (χ0) is 23.7. The van der Waals surface area contributed by atoms with Gasteiger partial charge in [-0.3, -0.25) is 9.78 Å². The molecule has 0 atom stereocenters. The summed E-state index contributed by atoms with van der Waals surface area (Å²) in [6, 6.07) is 9.63. The summed E-state index contributed by atoms with van der Waals surface area (Å²) in [6.45, 7) is 0.770. The Labute approximate surface area is 183 Å². The number of ether oxygens (including phenoxy) is 1. The monoisotopic (exact) mass is 472 g/mol. The fraction of sp³-hybridized carbons (Fsp3) is 0.200. The Morgan fingerprint density at radius 2 is 1.94 bits per heavy atom. The number of hydrogen-bond acceptors (Lipinski definition) is 6. The van der Waals surface area contributed by atoms with Crippen molar-refractivity contribution in [2.75, 3.05) is 13.2 Å². The molecular weight excluding hydrogens is 457 g/mol. The molecule has 12 heteroatoms. The van der Waals surface area contributed by atoms with Gasteiger partial charge in [-0.05, 0) is 36.8 Å². The van der Waals surface area contributed by atoms with Crippen molar-refractivity contribution in [3.63, 3.8) is 0 Å². The minimum absolute atomic E-state index is 0.189. The number of carboxylic acid groups (broad SMARTS) is 1. The van der Waals surface area contributed by atoms with Crippen molar-refractivity contribution in [3.8, 4) is 5.75 Å². The van der Waals surface area contributed by atoms with E-state index in [4.69, 9.17) is 30.7 Å². The van der Waals surface area contributed by atoms with Gasteiger partial charge in [0.05, 0.1) is 23.6 Å². The highest BCUT2D eigenvalue weighted by molar-refractivity contribution is 6.31. The maximum atomic E-state index is 11.9. The molecule has 0 spiro atoms. The summed E-state index contributed by atoms with van der Waals surface area (Å²) in [4.78, 5) is 36.3. The number of fused-ring (bicyclic) bond motifs is 1. The lowest BCUT2D eigenvalue weighted by Crippen LogP contribution is -2.25. The second kappa shape index (κ2) is 11.1. The molecule has 2 N–H and O–H groups in total. The van der Waals surface area contributed by atoms with Crippen molar-refractivity contribution in [3.05, 3.63) is 69.8 Å². The van der Waals surface area contributed by atoms with E-state index in [0.29, 0.717) is 46.9 Å². The predicted molar refractivity (Wildman–Crippen MR) is 108 cm³/mol. The number of aliphatic carboxylic acids is 1. The van der Waals surface area contributed by atoms with Crippen molar-refractivity contribution < 1.29 is 37.0 Å². The zero-order valence-corrected chi connectivity index (χ0v) is 16.9. The molecule has 3 rings (SSSR count). The van der Waals surface area contributed by atoms with Gasteiger partial charge in [0.15, 0.2) is 0 Å². The third-order valence-corrected chi connectivity index (χ3v) is 3.93. The molecule has 0 unspecified atom stereocenters. The van der Waals surface area contributed by atoms with Crippen LogP contribution in [0.1, 0.15) is 16.8 Å². The van der Waals surface area contributed by atoms with Gasteiger partial charge in [0.1, 0.15) is 11.3 Å². The van der Waals surface area contributed by atoms with Gasteiger partial charge < -0.3 is 19.6 Å². The summed E-state index contributed by atoms with van der Waals surface area (Å²) in [6.07, 6.45) is -1.39. The molecule has 2 aromatic heterocycles. The van der Waals surface area contributed by atoms with E-state index in [-0.39, 0.29) is 5.91 Å². The molecule has 8 nitrogen and oxygen atoms in total. The largest absolute Gasteiger partial charge is 0.492 e. The van der Waals surface area contributed by atoms with E-state index in [1.54, 1.807) is 36.5 Å². The first-order valence-corrected chi connectivity index (χ1v) is 9.30. The Balaban J connectivity index is 0.000000451. The van der Waals surface area contributed by atoms with Crippen molar-refractivity contribution >= 4 is 34.4 Å². The number of carboxylic acids is 1. The predicted octanol–water partition coefficient (Wildman–Crippen LogP) is 3.67. The average molecular weight is 473 g/mol. The fourth-order valence-corrected chi connectivity index (χ4v) is 2.45. The number of rotatable bonds is 6. The van der Waals surface area contributed by atoms with Gasteiger partial charge in [-0.2, -0.15) is 13.2 Å². The van der Waals surface area contributed by atoms with Gasteiger partial charge in [-0.15, -0.1) is 0 Å². The first-order chi connectivity index (χ1) is 15.1. The van der Waals surface area contributed by atoms with Crippen molar-refractivity contribution in [2.45, 2.75) is 12.6 Å². The van der Waals surface area contributed by atoms with E-state index in [2.05, 4.69) is 10.3 Å². The number of benzene rings is 1. The lowest BCUT2D eigenvalue weighted by molar-refractivity contribution is -0.192. The standard InChI is InChI=1S/C18H15ClN2O4.C2HF3O2/c19-13-4-5-15-14(9-13)16(10-17(22)25-15)24-8-2-7-21-18(23)12-3-1-6-20-11-12;3-2(4,5)1(6)7/h1,3-6,9-11H,2,7-8H2,(H,21,23);(H,6,7). The molecular formula is C20H16ClF3N2O6. The Hall–Kier alpha value is -3.60. The second-order valence-electron chi connectivity index (χ2n) is 6.07. The van der Waals surface area contributed by atoms with Gasteiger partial charge >= 0.3 is 17.8 Å². The van der Waals surface area contributed by atoms with Crippen LogP contribution in [0, 0.1) is 0 Å². The van der Waals surface area contributed by atoms with Crippen molar-refractivity contribution in [2.24, 2.45) is 0 Å². The van der Waals surface area contributed by atoms with Crippen LogP contribution >= 0.6 is 11.6 Å². The topological polar surface area (TPSA) is 119 Å². The van der Waals surface area contributed by atoms with E-state index in [0.717, 1.165) is 0 Å². The minimum atomic E-state index is -5.08. The van der Waals surface area contributed by atoms with Crippen LogP contribution in [-0.4, -0.2) is 41.3 Å². The molecule has 1 amide bonds. The van der Waals surface area contributed by atoms with E-state index >= 15 is 0 Å². The van der Waals surface area contributed by atoms with E-state index < -0.39 is 17.8 Å². The molecule has 0 aliphatic carbocycles. The number of nitrogens with one attached hydrogen (secondary N) is 1. The zero-order valence-electron chi connectivity index (χ0n) is 16.2. The van der Waals surface area contributed by atoms with Crippen LogP contribution < -0.4 is 15.7 Å². The van der Waals surface area contributed by atoms with Crippen LogP contribution in [0.2, 0.25) is 5.02 Å². The number of nitrogens with zero attached hydrogens (tertiary/aromatic N) is 1. The van der Waals surface area contributed by atoms with Gasteiger partial charge in [-0.1, -0.05) is 11.6 Å². The van der Waals surface area contributed by atoms with Crippen molar-refractivity contribution in [1.29, 1.82) is 0 Å². The first kappa shape index (κ1) is 24.7. The highest BCUT2D eigenvalue weighted by Gasteiger charge is 2.38. The van der Waals surface area contributed by atoms with Crippen LogP contribution in [0.25, 0.3) is 11.0 Å². The van der Waals surface area contributed by atoms with Gasteiger partial charge in [-0.25, -0.2) is 9.59 Å². The number of halogens is 4. The fourth-order valence-electron chi connectivity index (χ4n) is 2.28. The summed E-state index contributed by atoms with van der Waals surface area (Å²) in [5.41, 5.74) is 0.427. The number of carbonyl (C=O) groups is 2. The van der Waals surface area contributed by atoms with Gasteiger partial charge in [0.2, 0.25) is 0 Å². The third-order valence-electron chi connectivity index (χ3n) is 3.70. The SMILES string of the molecule is O=C(NCCCOc1cc(=O)oc2ccc(Cl)cc12)c1cccnc1.O=C(O)C(F)(F)F. The van der Waals surface area contributed by atoms with E-state index in [9.17, 15) is 22.8 Å². The Kier molecular flexibility index (Phi) is 8.59. The maximum Gasteiger partial charge on any atom is 0.490 e. The normalized spacial score (nSPS) is 10.8. The Bertz CT molecular complexity index is 1140. The number of hydrogen-bond donors (Lipinski definition) is 2. The average Bonchev–Trinajstić information content (AvgIpc) is 2.74. The molecule has 0 saturated heterocycles. The maximum absolute atomic E-state index is 11.9. The number of amides is 1. The molecule has 170 valence electrons. The van der Waals surface area contributed by atoms with E-state index in [1.807, 2.05) is 0 Å². The van der Waals surface area contributed by atoms with Crippen LogP contribution in [0.15, 0.2) is 58.0 Å². The van der Waals surface area contributed by atoms with Crippen LogP contribution in [0.4, 0.5) is 13.2 Å². The molecule has 0 aliphatic heterocycles. The molecule has 0 saturated carbocycles. The molecule has 3 aromatic rings. The molecule has 2 heterocycles. The molecule has 0 bridgehead atoms. The lowest BCUT2D eigenvalue weighted by atomic mass is 10.2. The summed E-state index contributed by atoms with van der Waals surface area (Å²) < 4.78 is 42.5. The number of carbonyl (C=O) groups excluding carboxylic acids is 1. The Morgan fingerprint density at radius 1 is 1.22 bits per heavy atom. The minimum Gasteiger partial charge on any atom is -0.492 e.